The molecular weight excluding hydrogens is 353 g/mol. The predicted octanol–water partition coefficient (Wildman–Crippen LogP) is 3.29. The van der Waals surface area contributed by atoms with Crippen molar-refractivity contribution in [3.05, 3.63) is 41.2 Å². The first kappa shape index (κ1) is 18.6. The summed E-state index contributed by atoms with van der Waals surface area (Å²) in [5, 5.41) is 24.8. The summed E-state index contributed by atoms with van der Waals surface area (Å²) in [4.78, 5) is 0. The fourth-order valence-corrected chi connectivity index (χ4v) is 4.06. The van der Waals surface area contributed by atoms with Gasteiger partial charge in [-0.25, -0.2) is 4.39 Å². The van der Waals surface area contributed by atoms with Crippen molar-refractivity contribution in [2.45, 2.75) is 25.8 Å². The molecule has 5 nitrogen and oxygen atoms in total. The van der Waals surface area contributed by atoms with Gasteiger partial charge in [0.2, 0.25) is 0 Å². The molecule has 2 aliphatic rings. The topological polar surface area (TPSA) is 73.6 Å². The van der Waals surface area contributed by atoms with E-state index < -0.39 is 0 Å². The molecule has 2 unspecified atom stereocenters. The van der Waals surface area contributed by atoms with Gasteiger partial charge in [0.1, 0.15) is 11.9 Å². The van der Waals surface area contributed by atoms with Crippen molar-refractivity contribution in [2.24, 2.45) is 11.8 Å². The average Bonchev–Trinajstić information content (AvgIpc) is 3.19. The highest BCUT2D eigenvalue weighted by molar-refractivity contribution is 5.85. The van der Waals surface area contributed by atoms with Gasteiger partial charge < -0.3 is 10.6 Å². The highest BCUT2D eigenvalue weighted by Crippen LogP contribution is 2.36. The zero-order chi connectivity index (χ0) is 17.4. The van der Waals surface area contributed by atoms with E-state index in [4.69, 9.17) is 0 Å². The molecule has 7 heteroatoms. The summed E-state index contributed by atoms with van der Waals surface area (Å²) < 4.78 is 13.5. The quantitative estimate of drug-likeness (QED) is 0.863. The molecule has 26 heavy (non-hydrogen) atoms. The molecule has 2 heterocycles. The number of nitrogens with one attached hydrogen (secondary N) is 2. The molecule has 2 fully saturated rings. The summed E-state index contributed by atoms with van der Waals surface area (Å²) in [6.07, 6.45) is 2.18. The number of hydrogen-bond acceptors (Lipinski definition) is 5. The van der Waals surface area contributed by atoms with Crippen LogP contribution in [0.2, 0.25) is 0 Å². The van der Waals surface area contributed by atoms with Gasteiger partial charge in [0.25, 0.3) is 0 Å². The van der Waals surface area contributed by atoms with Gasteiger partial charge in [0.15, 0.2) is 5.82 Å². The van der Waals surface area contributed by atoms with Crippen molar-refractivity contribution in [3.63, 3.8) is 0 Å². The lowest BCUT2D eigenvalue weighted by molar-refractivity contribution is 0.494. The molecule has 1 saturated heterocycles. The molecule has 1 aromatic carbocycles. The van der Waals surface area contributed by atoms with E-state index in [1.54, 1.807) is 12.1 Å². The van der Waals surface area contributed by atoms with Gasteiger partial charge in [-0.1, -0.05) is 6.07 Å². The number of nitriles is 1. The fraction of sp³-hybridized carbons (Fsp3) is 0.421. The molecule has 2 N–H and O–H groups in total. The molecule has 1 aromatic heterocycles. The lowest BCUT2D eigenvalue weighted by atomic mass is 10.0. The number of fused-ring (bicyclic) bond motifs is 1. The van der Waals surface area contributed by atoms with E-state index in [0.717, 1.165) is 31.5 Å². The maximum absolute atomic E-state index is 13.5. The van der Waals surface area contributed by atoms with Crippen LogP contribution in [0.3, 0.4) is 0 Å². The van der Waals surface area contributed by atoms with Crippen LogP contribution < -0.4 is 10.6 Å². The molecule has 4 rings (SSSR count). The van der Waals surface area contributed by atoms with E-state index in [9.17, 15) is 9.65 Å². The van der Waals surface area contributed by atoms with Gasteiger partial charge in [0, 0.05) is 11.6 Å². The lowest BCUT2D eigenvalue weighted by Crippen LogP contribution is -2.21. The van der Waals surface area contributed by atoms with Crippen molar-refractivity contribution in [3.8, 4) is 17.3 Å². The first-order valence-corrected chi connectivity index (χ1v) is 8.65. The molecule has 2 atom stereocenters. The van der Waals surface area contributed by atoms with Crippen LogP contribution in [0.5, 0.6) is 0 Å². The van der Waals surface area contributed by atoms with Gasteiger partial charge in [-0.2, -0.15) is 5.26 Å². The Balaban J connectivity index is 0.00000196. The van der Waals surface area contributed by atoms with E-state index in [2.05, 4.69) is 26.9 Å². The van der Waals surface area contributed by atoms with Crippen LogP contribution in [0.15, 0.2) is 24.3 Å². The molecule has 136 valence electrons. The Morgan fingerprint density at radius 3 is 2.62 bits per heavy atom. The minimum Gasteiger partial charge on any atom is -0.365 e. The van der Waals surface area contributed by atoms with E-state index in [0.29, 0.717) is 40.5 Å². The number of aryl methyl sites for hydroxylation is 1. The third-order valence-electron chi connectivity index (χ3n) is 5.39. The highest BCUT2D eigenvalue weighted by Gasteiger charge is 2.37. The van der Waals surface area contributed by atoms with Gasteiger partial charge in [-0.05, 0) is 68.5 Å². The number of halogens is 2. The Bertz CT molecular complexity index is 838. The molecule has 1 saturated carbocycles. The number of nitrogens with zero attached hydrogens (tertiary/aromatic N) is 3. The van der Waals surface area contributed by atoms with Crippen molar-refractivity contribution in [1.29, 1.82) is 5.26 Å². The highest BCUT2D eigenvalue weighted by atomic mass is 35.5. The number of anilines is 1. The summed E-state index contributed by atoms with van der Waals surface area (Å²) in [6.45, 7) is 4.05. The minimum absolute atomic E-state index is 0. The number of aromatic nitrogens is 2. The summed E-state index contributed by atoms with van der Waals surface area (Å²) in [5.41, 5.74) is 2.53. The fourth-order valence-electron chi connectivity index (χ4n) is 4.06. The van der Waals surface area contributed by atoms with Gasteiger partial charge in [0.05, 0.1) is 11.3 Å². The van der Waals surface area contributed by atoms with E-state index >= 15 is 0 Å². The maximum atomic E-state index is 13.5. The van der Waals surface area contributed by atoms with Gasteiger partial charge in [-0.3, -0.25) is 0 Å². The average molecular weight is 374 g/mol. The van der Waals surface area contributed by atoms with Crippen LogP contribution in [-0.4, -0.2) is 29.3 Å². The summed E-state index contributed by atoms with van der Waals surface area (Å²) in [7, 11) is 0. The van der Waals surface area contributed by atoms with Crippen LogP contribution in [0, 0.1) is 35.9 Å². The Kier molecular flexibility index (Phi) is 5.40. The molecule has 1 aliphatic heterocycles. The first-order chi connectivity index (χ1) is 12.1. The summed E-state index contributed by atoms with van der Waals surface area (Å²) in [5.74, 6) is 1.63. The molecule has 0 bridgehead atoms. The van der Waals surface area contributed by atoms with E-state index in [1.807, 2.05) is 6.92 Å². The SMILES string of the molecule is Cc1ccc(F)cc1-c1cc(C#N)c(NC2CC3CNCC3C2)nn1.Cl. The monoisotopic (exact) mass is 373 g/mol. The normalized spacial score (nSPS) is 23.8. The molecular formula is C19H21ClFN5. The zero-order valence-corrected chi connectivity index (χ0v) is 15.3. The zero-order valence-electron chi connectivity index (χ0n) is 14.5. The molecule has 1 aliphatic carbocycles. The second-order valence-electron chi connectivity index (χ2n) is 7.05. The van der Waals surface area contributed by atoms with Crippen LogP contribution >= 0.6 is 12.4 Å². The standard InChI is InChI=1S/C19H20FN5.ClH/c1-11-2-3-15(20)7-17(11)18-6-12(8-21)19(25-24-18)23-16-4-13-9-22-10-14(13)5-16;/h2-3,6-7,13-14,16,22H,4-5,9-10H2,1H3,(H,23,25);1H. The molecule has 0 amide bonds. The Morgan fingerprint density at radius 2 is 1.92 bits per heavy atom. The van der Waals surface area contributed by atoms with Crippen molar-refractivity contribution in [2.75, 3.05) is 18.4 Å². The van der Waals surface area contributed by atoms with Crippen LogP contribution in [0.4, 0.5) is 10.2 Å². The Labute approximate surface area is 158 Å². The number of rotatable bonds is 3. The predicted molar refractivity (Wildman–Crippen MR) is 101 cm³/mol. The number of benzene rings is 1. The molecule has 0 spiro atoms. The van der Waals surface area contributed by atoms with Crippen LogP contribution in [0.25, 0.3) is 11.3 Å². The Morgan fingerprint density at radius 1 is 1.19 bits per heavy atom. The van der Waals surface area contributed by atoms with Crippen molar-refractivity contribution < 1.29 is 4.39 Å². The molecule has 2 aromatic rings. The lowest BCUT2D eigenvalue weighted by Gasteiger charge is -2.15. The van der Waals surface area contributed by atoms with Crippen molar-refractivity contribution in [1.82, 2.24) is 15.5 Å². The van der Waals surface area contributed by atoms with E-state index in [1.165, 1.54) is 12.1 Å². The second-order valence-corrected chi connectivity index (χ2v) is 7.05. The summed E-state index contributed by atoms with van der Waals surface area (Å²) >= 11 is 0. The van der Waals surface area contributed by atoms with Gasteiger partial charge >= 0.3 is 0 Å². The summed E-state index contributed by atoms with van der Waals surface area (Å²) in [6, 6.07) is 8.77. The Hall–Kier alpha value is -2.23. The van der Waals surface area contributed by atoms with E-state index in [-0.39, 0.29) is 18.2 Å². The molecule has 0 radical (unpaired) electrons. The van der Waals surface area contributed by atoms with Crippen molar-refractivity contribution >= 4 is 18.2 Å². The smallest absolute Gasteiger partial charge is 0.166 e. The number of hydrogen-bond donors (Lipinski definition) is 2. The third kappa shape index (κ3) is 3.50. The maximum Gasteiger partial charge on any atom is 0.166 e. The van der Waals surface area contributed by atoms with Crippen LogP contribution in [-0.2, 0) is 0 Å². The largest absolute Gasteiger partial charge is 0.365 e. The third-order valence-corrected chi connectivity index (χ3v) is 5.39. The van der Waals surface area contributed by atoms with Crippen LogP contribution in [0.1, 0.15) is 24.0 Å². The minimum atomic E-state index is -0.325. The van der Waals surface area contributed by atoms with Gasteiger partial charge in [-0.15, -0.1) is 22.6 Å². The first-order valence-electron chi connectivity index (χ1n) is 8.65. The second kappa shape index (κ2) is 7.56.